The number of aliphatic hydroxyl groups excluding tert-OH is 1. The summed E-state index contributed by atoms with van der Waals surface area (Å²) in [6.07, 6.45) is 0.0326. The van der Waals surface area contributed by atoms with E-state index in [2.05, 4.69) is 15.2 Å². The summed E-state index contributed by atoms with van der Waals surface area (Å²) < 4.78 is 44.3. The van der Waals surface area contributed by atoms with Crippen molar-refractivity contribution in [1.82, 2.24) is 24.9 Å². The van der Waals surface area contributed by atoms with Crippen LogP contribution in [0, 0.1) is 5.92 Å². The summed E-state index contributed by atoms with van der Waals surface area (Å²) in [4.78, 5) is 20.4. The molecule has 2 bridgehead atoms. The first-order valence-electron chi connectivity index (χ1n) is 10.5. The second-order valence-electron chi connectivity index (χ2n) is 8.14. The molecule has 0 radical (unpaired) electrons. The van der Waals surface area contributed by atoms with E-state index in [9.17, 15) is 23.1 Å². The first kappa shape index (κ1) is 21.4. The van der Waals surface area contributed by atoms with Crippen LogP contribution in [0.15, 0.2) is 55.0 Å². The average molecular weight is 459 g/mol. The van der Waals surface area contributed by atoms with Gasteiger partial charge in [-0.15, -0.1) is 0 Å². The maximum absolute atomic E-state index is 13.6. The van der Waals surface area contributed by atoms with Crippen LogP contribution in [-0.4, -0.2) is 60.7 Å². The normalized spacial score (nSPS) is 24.3. The predicted octanol–water partition coefficient (Wildman–Crippen LogP) is 2.72. The van der Waals surface area contributed by atoms with Crippen LogP contribution >= 0.6 is 0 Å². The van der Waals surface area contributed by atoms with E-state index >= 15 is 0 Å². The van der Waals surface area contributed by atoms with Gasteiger partial charge in [-0.3, -0.25) is 4.79 Å². The minimum absolute atomic E-state index is 0.0124. The summed E-state index contributed by atoms with van der Waals surface area (Å²) in [5.74, 6) is -0.212. The number of carbonyl (C=O) groups is 1. The Morgan fingerprint density at radius 3 is 2.55 bits per heavy atom. The van der Waals surface area contributed by atoms with Crippen molar-refractivity contribution >= 4 is 5.91 Å². The number of pyridine rings is 1. The zero-order chi connectivity index (χ0) is 23.2. The number of aliphatic hydroxyl groups is 1. The number of carbonyl (C=O) groups excluding carboxylic acids is 1. The molecule has 0 spiro atoms. The number of piperidine rings is 1. The Hall–Kier alpha value is -3.47. The molecule has 0 unspecified atom stereocenters. The zero-order valence-corrected chi connectivity index (χ0v) is 17.3. The Balaban J connectivity index is 1.40. The molecule has 8 nitrogen and oxygen atoms in total. The third kappa shape index (κ3) is 3.82. The van der Waals surface area contributed by atoms with Crippen LogP contribution in [-0.2, 0) is 6.18 Å². The molecule has 4 atom stereocenters. The highest BCUT2D eigenvalue weighted by Crippen LogP contribution is 2.45. The van der Waals surface area contributed by atoms with E-state index in [1.165, 1.54) is 23.3 Å². The van der Waals surface area contributed by atoms with Crippen LogP contribution in [0.1, 0.15) is 28.8 Å². The lowest BCUT2D eigenvalue weighted by Gasteiger charge is -2.38. The number of likely N-dealkylation sites (tertiary alicyclic amines) is 1. The van der Waals surface area contributed by atoms with Gasteiger partial charge in [0.15, 0.2) is 0 Å². The summed E-state index contributed by atoms with van der Waals surface area (Å²) in [6, 6.07) is 8.31. The van der Waals surface area contributed by atoms with Crippen molar-refractivity contribution in [1.29, 1.82) is 0 Å². The summed E-state index contributed by atoms with van der Waals surface area (Å²) in [6.45, 7) is -0.194. The second kappa shape index (κ2) is 8.14. The van der Waals surface area contributed by atoms with E-state index in [1.54, 1.807) is 29.2 Å². The van der Waals surface area contributed by atoms with Crippen molar-refractivity contribution in [2.75, 3.05) is 6.61 Å². The van der Waals surface area contributed by atoms with Gasteiger partial charge in [0, 0.05) is 12.3 Å². The molecule has 11 heteroatoms. The number of benzene rings is 1. The van der Waals surface area contributed by atoms with E-state index in [-0.39, 0.29) is 36.4 Å². The number of alkyl halides is 3. The molecule has 1 saturated carbocycles. The van der Waals surface area contributed by atoms with Gasteiger partial charge in [0.1, 0.15) is 6.10 Å². The fourth-order valence-electron chi connectivity index (χ4n) is 4.84. The molecular formula is C22H20F3N5O3. The lowest BCUT2D eigenvalue weighted by Crippen LogP contribution is -2.53. The van der Waals surface area contributed by atoms with Gasteiger partial charge in [-0.05, 0) is 37.0 Å². The van der Waals surface area contributed by atoms with E-state index in [0.717, 1.165) is 12.3 Å². The molecule has 2 fully saturated rings. The quantitative estimate of drug-likeness (QED) is 0.631. The number of para-hydroxylation sites is 1. The molecule has 1 aliphatic carbocycles. The molecule has 5 rings (SSSR count). The fraction of sp³-hybridized carbons (Fsp3) is 0.364. The topological polar surface area (TPSA) is 93.4 Å². The minimum Gasteiger partial charge on any atom is -0.472 e. The van der Waals surface area contributed by atoms with E-state index < -0.39 is 17.8 Å². The van der Waals surface area contributed by atoms with Crippen LogP contribution in [0.3, 0.4) is 0 Å². The molecule has 3 heterocycles. The summed E-state index contributed by atoms with van der Waals surface area (Å²) in [7, 11) is 0. The highest BCUT2D eigenvalue weighted by atomic mass is 19.4. The minimum atomic E-state index is -4.48. The van der Waals surface area contributed by atoms with Gasteiger partial charge in [0.25, 0.3) is 5.91 Å². The van der Waals surface area contributed by atoms with Crippen molar-refractivity contribution in [2.45, 2.75) is 37.2 Å². The SMILES string of the molecule is O=C(c1ccccc1-n1nccn1)N1[C@H](CO)[C@H]2C[C@@H](Oc3ccc(C(F)(F)F)cn3)[C@@H]1C2. The molecule has 2 aliphatic rings. The molecule has 33 heavy (non-hydrogen) atoms. The van der Waals surface area contributed by atoms with Crippen molar-refractivity contribution < 1.29 is 27.8 Å². The summed E-state index contributed by atoms with van der Waals surface area (Å²) in [5, 5.41) is 18.2. The van der Waals surface area contributed by atoms with Gasteiger partial charge < -0.3 is 14.7 Å². The molecule has 3 aromatic rings. The van der Waals surface area contributed by atoms with Gasteiger partial charge in [-0.1, -0.05) is 12.1 Å². The lowest BCUT2D eigenvalue weighted by atomic mass is 9.97. The van der Waals surface area contributed by atoms with Gasteiger partial charge >= 0.3 is 6.18 Å². The monoisotopic (exact) mass is 459 g/mol. The van der Waals surface area contributed by atoms with E-state index in [4.69, 9.17) is 4.74 Å². The third-order valence-electron chi connectivity index (χ3n) is 6.29. The van der Waals surface area contributed by atoms with Crippen molar-refractivity contribution in [2.24, 2.45) is 5.92 Å². The summed E-state index contributed by atoms with van der Waals surface area (Å²) in [5.41, 5.74) is 0.0312. The second-order valence-corrected chi connectivity index (χ2v) is 8.14. The van der Waals surface area contributed by atoms with Gasteiger partial charge in [-0.25, -0.2) is 4.98 Å². The van der Waals surface area contributed by atoms with Crippen LogP contribution in [0.2, 0.25) is 0 Å². The Kier molecular flexibility index (Phi) is 5.28. The van der Waals surface area contributed by atoms with Crippen molar-refractivity contribution in [3.05, 3.63) is 66.1 Å². The number of hydrogen-bond donors (Lipinski definition) is 1. The molecule has 2 aromatic heterocycles. The first-order chi connectivity index (χ1) is 15.9. The molecule has 1 aromatic carbocycles. The Labute approximate surface area is 186 Å². The number of amides is 1. The Bertz CT molecular complexity index is 1140. The highest BCUT2D eigenvalue weighted by molar-refractivity contribution is 5.98. The number of hydrogen-bond acceptors (Lipinski definition) is 6. The maximum Gasteiger partial charge on any atom is 0.417 e. The third-order valence-corrected chi connectivity index (χ3v) is 6.29. The van der Waals surface area contributed by atoms with Crippen LogP contribution in [0.5, 0.6) is 5.88 Å². The number of ether oxygens (including phenoxy) is 1. The first-order valence-corrected chi connectivity index (χ1v) is 10.5. The Morgan fingerprint density at radius 1 is 1.12 bits per heavy atom. The van der Waals surface area contributed by atoms with Gasteiger partial charge in [0.05, 0.1) is 47.9 Å². The van der Waals surface area contributed by atoms with Gasteiger partial charge in [0.2, 0.25) is 5.88 Å². The summed E-state index contributed by atoms with van der Waals surface area (Å²) >= 11 is 0. The zero-order valence-electron chi connectivity index (χ0n) is 17.3. The van der Waals surface area contributed by atoms with Crippen molar-refractivity contribution in [3.8, 4) is 11.6 Å². The highest BCUT2D eigenvalue weighted by Gasteiger charge is 2.54. The standard InChI is InChI=1S/C22H20F3N5O3/c23-22(24,25)14-5-6-20(26-11-14)33-19-10-13-9-17(19)29(18(13)12-31)21(32)15-3-1-2-4-16(15)30-27-7-8-28-30/h1-8,11,13,17-19,31H,9-10,12H2/t13-,17+,18-,19-/m1/s1. The van der Waals surface area contributed by atoms with E-state index in [0.29, 0.717) is 24.1 Å². The number of fused-ring (bicyclic) bond motifs is 2. The molecule has 1 aliphatic heterocycles. The van der Waals surface area contributed by atoms with Gasteiger partial charge in [-0.2, -0.15) is 28.2 Å². The number of halogens is 3. The van der Waals surface area contributed by atoms with E-state index in [1.807, 2.05) is 0 Å². The smallest absolute Gasteiger partial charge is 0.417 e. The number of nitrogens with zero attached hydrogens (tertiary/aromatic N) is 5. The largest absolute Gasteiger partial charge is 0.472 e. The molecule has 172 valence electrons. The Morgan fingerprint density at radius 2 is 1.88 bits per heavy atom. The fourth-order valence-corrected chi connectivity index (χ4v) is 4.84. The molecular weight excluding hydrogens is 439 g/mol. The van der Waals surface area contributed by atoms with Crippen LogP contribution in [0.4, 0.5) is 13.2 Å². The molecule has 1 saturated heterocycles. The molecule has 1 N–H and O–H groups in total. The average Bonchev–Trinajstić information content (AvgIpc) is 3.55. The number of rotatable bonds is 5. The predicted molar refractivity (Wildman–Crippen MR) is 109 cm³/mol. The number of aromatic nitrogens is 4. The lowest BCUT2D eigenvalue weighted by molar-refractivity contribution is -0.137. The van der Waals surface area contributed by atoms with Crippen molar-refractivity contribution in [3.63, 3.8) is 0 Å². The maximum atomic E-state index is 13.6. The van der Waals surface area contributed by atoms with Crippen LogP contribution < -0.4 is 4.74 Å². The molecule has 1 amide bonds. The van der Waals surface area contributed by atoms with Crippen LogP contribution in [0.25, 0.3) is 5.69 Å².